The Balaban J connectivity index is 1.14. The van der Waals surface area contributed by atoms with Crippen molar-refractivity contribution in [3.05, 3.63) is 58.4 Å². The summed E-state index contributed by atoms with van der Waals surface area (Å²) in [5.41, 5.74) is 5.05. The molecule has 5 rings (SSSR count). The van der Waals surface area contributed by atoms with Crippen LogP contribution < -0.4 is 4.74 Å². The molecule has 0 atom stereocenters. The second-order valence-corrected chi connectivity index (χ2v) is 8.11. The fourth-order valence-corrected chi connectivity index (χ4v) is 4.54. The maximum Gasteiger partial charge on any atom is 0.122 e. The van der Waals surface area contributed by atoms with Crippen LogP contribution in [0.3, 0.4) is 0 Å². The van der Waals surface area contributed by atoms with Gasteiger partial charge in [0.1, 0.15) is 5.75 Å². The molecule has 4 heterocycles. The van der Waals surface area contributed by atoms with Crippen LogP contribution in [0.1, 0.15) is 11.1 Å². The summed E-state index contributed by atoms with van der Waals surface area (Å²) in [7, 11) is 0. The van der Waals surface area contributed by atoms with E-state index >= 15 is 0 Å². The summed E-state index contributed by atoms with van der Waals surface area (Å²) < 4.78 is 7.67. The van der Waals surface area contributed by atoms with Crippen LogP contribution in [0.15, 0.2) is 47.3 Å². The summed E-state index contributed by atoms with van der Waals surface area (Å²) in [5.74, 6) is 1.07. The van der Waals surface area contributed by atoms with Crippen LogP contribution in [-0.2, 0) is 19.6 Å². The number of hydrogen-bond donors (Lipinski definition) is 0. The molecule has 5 nitrogen and oxygen atoms in total. The van der Waals surface area contributed by atoms with Gasteiger partial charge in [0.25, 0.3) is 0 Å². The van der Waals surface area contributed by atoms with Gasteiger partial charge in [0.05, 0.1) is 19.0 Å². The van der Waals surface area contributed by atoms with Crippen molar-refractivity contribution in [1.29, 1.82) is 0 Å². The lowest BCUT2D eigenvalue weighted by atomic mass is 10.1. The minimum absolute atomic E-state index is 0.832. The lowest BCUT2D eigenvalue weighted by Gasteiger charge is -2.34. The maximum atomic E-state index is 5.61. The van der Waals surface area contributed by atoms with Gasteiger partial charge in [-0.1, -0.05) is 12.1 Å². The number of ether oxygens (including phenoxy) is 1. The van der Waals surface area contributed by atoms with Gasteiger partial charge < -0.3 is 4.74 Å². The van der Waals surface area contributed by atoms with E-state index in [1.54, 1.807) is 11.3 Å². The Morgan fingerprint density at radius 1 is 1.04 bits per heavy atom. The number of piperazine rings is 1. The molecular formula is C21H24N4OS. The van der Waals surface area contributed by atoms with Crippen LogP contribution in [-0.4, -0.2) is 52.4 Å². The van der Waals surface area contributed by atoms with Crippen LogP contribution in [0.4, 0.5) is 0 Å². The molecule has 1 fully saturated rings. The van der Waals surface area contributed by atoms with Crippen molar-refractivity contribution in [2.45, 2.75) is 19.6 Å². The zero-order valence-electron chi connectivity index (χ0n) is 15.4. The molecule has 6 heteroatoms. The van der Waals surface area contributed by atoms with E-state index in [2.05, 4.69) is 61.8 Å². The number of nitrogens with zero attached hydrogens (tertiary/aromatic N) is 4. The predicted octanol–water partition coefficient (Wildman–Crippen LogP) is 3.32. The van der Waals surface area contributed by atoms with E-state index in [0.29, 0.717) is 0 Å². The molecule has 0 N–H and O–H groups in total. The first-order valence-corrected chi connectivity index (χ1v) is 10.5. The van der Waals surface area contributed by atoms with Gasteiger partial charge in [-0.3, -0.25) is 14.5 Å². The number of aromatic nitrogens is 2. The lowest BCUT2D eigenvalue weighted by Crippen LogP contribution is -2.46. The minimum Gasteiger partial charge on any atom is -0.493 e. The highest BCUT2D eigenvalue weighted by Crippen LogP contribution is 2.26. The highest BCUT2D eigenvalue weighted by molar-refractivity contribution is 7.08. The van der Waals surface area contributed by atoms with Gasteiger partial charge in [0.2, 0.25) is 0 Å². The molecule has 0 unspecified atom stereocenters. The Morgan fingerprint density at radius 2 is 1.93 bits per heavy atom. The number of thiophene rings is 1. The third-order valence-electron chi connectivity index (χ3n) is 5.43. The Kier molecular flexibility index (Phi) is 4.69. The normalized spacial score (nSPS) is 17.8. The first-order chi connectivity index (χ1) is 13.3. The second kappa shape index (κ2) is 7.46. The lowest BCUT2D eigenvalue weighted by molar-refractivity contribution is 0.0988. The SMILES string of the molecule is c1cc(-c2ccn(CN3CCN(Cc4ccc5c(c4)CCO5)CC3)n2)cs1. The highest BCUT2D eigenvalue weighted by Gasteiger charge is 2.19. The van der Waals surface area contributed by atoms with Gasteiger partial charge in [-0.15, -0.1) is 0 Å². The smallest absolute Gasteiger partial charge is 0.122 e. The van der Waals surface area contributed by atoms with Crippen molar-refractivity contribution in [1.82, 2.24) is 19.6 Å². The van der Waals surface area contributed by atoms with Crippen molar-refractivity contribution in [2.75, 3.05) is 32.8 Å². The molecule has 27 heavy (non-hydrogen) atoms. The Labute approximate surface area is 163 Å². The van der Waals surface area contributed by atoms with E-state index in [-0.39, 0.29) is 0 Å². The Bertz CT molecular complexity index is 897. The molecule has 2 aliphatic heterocycles. The van der Waals surface area contributed by atoms with E-state index in [1.807, 2.05) is 0 Å². The van der Waals surface area contributed by atoms with Crippen molar-refractivity contribution >= 4 is 11.3 Å². The zero-order chi connectivity index (χ0) is 18.1. The van der Waals surface area contributed by atoms with Crippen molar-refractivity contribution in [3.63, 3.8) is 0 Å². The molecule has 0 radical (unpaired) electrons. The first kappa shape index (κ1) is 17.0. The summed E-state index contributed by atoms with van der Waals surface area (Å²) in [6, 6.07) is 10.9. The fourth-order valence-electron chi connectivity index (χ4n) is 3.89. The molecule has 1 saturated heterocycles. The Morgan fingerprint density at radius 3 is 2.78 bits per heavy atom. The summed E-state index contributed by atoms with van der Waals surface area (Å²) >= 11 is 1.71. The maximum absolute atomic E-state index is 5.61. The number of fused-ring (bicyclic) bond motifs is 1. The van der Waals surface area contributed by atoms with E-state index < -0.39 is 0 Å². The van der Waals surface area contributed by atoms with Gasteiger partial charge in [-0.25, -0.2) is 0 Å². The number of benzene rings is 1. The molecule has 0 spiro atoms. The van der Waals surface area contributed by atoms with Crippen LogP contribution in [0.25, 0.3) is 11.3 Å². The van der Waals surface area contributed by atoms with Crippen LogP contribution >= 0.6 is 11.3 Å². The van der Waals surface area contributed by atoms with E-state index in [1.165, 1.54) is 16.7 Å². The number of rotatable bonds is 5. The zero-order valence-corrected chi connectivity index (χ0v) is 16.2. The van der Waals surface area contributed by atoms with Crippen LogP contribution in [0, 0.1) is 0 Å². The predicted molar refractivity (Wildman–Crippen MR) is 108 cm³/mol. The van der Waals surface area contributed by atoms with E-state index in [4.69, 9.17) is 9.84 Å². The summed E-state index contributed by atoms with van der Waals surface area (Å²) in [4.78, 5) is 5.03. The molecule has 2 aromatic heterocycles. The highest BCUT2D eigenvalue weighted by atomic mass is 32.1. The van der Waals surface area contributed by atoms with Crippen molar-refractivity contribution < 1.29 is 4.74 Å². The van der Waals surface area contributed by atoms with E-state index in [0.717, 1.165) is 63.9 Å². The Hall–Kier alpha value is -2.15. The van der Waals surface area contributed by atoms with Gasteiger partial charge in [0, 0.05) is 56.3 Å². The van der Waals surface area contributed by atoms with Crippen molar-refractivity contribution in [2.24, 2.45) is 0 Å². The molecule has 0 bridgehead atoms. The molecule has 3 aromatic rings. The second-order valence-electron chi connectivity index (χ2n) is 7.33. The largest absolute Gasteiger partial charge is 0.493 e. The molecule has 0 aliphatic carbocycles. The average molecular weight is 381 g/mol. The quantitative estimate of drug-likeness (QED) is 0.680. The van der Waals surface area contributed by atoms with Crippen molar-refractivity contribution in [3.8, 4) is 17.0 Å². The molecule has 0 saturated carbocycles. The number of hydrogen-bond acceptors (Lipinski definition) is 5. The van der Waals surface area contributed by atoms with Gasteiger partial charge in [-0.2, -0.15) is 16.4 Å². The summed E-state index contributed by atoms with van der Waals surface area (Å²) in [6.45, 7) is 7.11. The fraction of sp³-hybridized carbons (Fsp3) is 0.381. The molecule has 2 aliphatic rings. The summed E-state index contributed by atoms with van der Waals surface area (Å²) in [6.07, 6.45) is 3.14. The monoisotopic (exact) mass is 380 g/mol. The van der Waals surface area contributed by atoms with Gasteiger partial charge >= 0.3 is 0 Å². The van der Waals surface area contributed by atoms with Gasteiger partial charge in [0.15, 0.2) is 0 Å². The first-order valence-electron chi connectivity index (χ1n) is 9.59. The molecule has 140 valence electrons. The van der Waals surface area contributed by atoms with E-state index in [9.17, 15) is 0 Å². The average Bonchev–Trinajstić information content (AvgIpc) is 3.44. The summed E-state index contributed by atoms with van der Waals surface area (Å²) in [5, 5.41) is 8.97. The molecular weight excluding hydrogens is 356 g/mol. The van der Waals surface area contributed by atoms with Gasteiger partial charge in [-0.05, 0) is 34.7 Å². The van der Waals surface area contributed by atoms with Crippen LogP contribution in [0.2, 0.25) is 0 Å². The standard InChI is InChI=1S/C21H24N4OS/c1-2-21-18(4-11-26-21)13-17(1)14-23-7-9-24(10-8-23)16-25-6-3-20(22-25)19-5-12-27-15-19/h1-3,5-6,12-13,15H,4,7-11,14,16H2. The van der Waals surface area contributed by atoms with Crippen LogP contribution in [0.5, 0.6) is 5.75 Å². The third kappa shape index (κ3) is 3.78. The molecule has 0 amide bonds. The topological polar surface area (TPSA) is 33.5 Å². The minimum atomic E-state index is 0.832. The molecule has 1 aromatic carbocycles. The third-order valence-corrected chi connectivity index (χ3v) is 6.11.